The van der Waals surface area contributed by atoms with E-state index in [4.69, 9.17) is 23.8 Å². The molecule has 2 aliphatic heterocycles. The molecule has 0 N–H and O–H groups in total. The van der Waals surface area contributed by atoms with Crippen LogP contribution < -0.4 is 4.74 Å². The highest BCUT2D eigenvalue weighted by molar-refractivity contribution is 5.27. The SMILES string of the molecule is CCCCOC1(OCCCC)CC(C)(C)N(OCCc2ccc(OCC3CO3)cc2)C(C)(C)C1. The van der Waals surface area contributed by atoms with Gasteiger partial charge in [0.2, 0.25) is 0 Å². The van der Waals surface area contributed by atoms with Gasteiger partial charge in [0.25, 0.3) is 0 Å². The smallest absolute Gasteiger partial charge is 0.171 e. The second-order valence-electron chi connectivity index (χ2n) is 11.1. The Morgan fingerprint density at radius 1 is 0.882 bits per heavy atom. The number of hydroxylamine groups is 2. The van der Waals surface area contributed by atoms with Gasteiger partial charge in [-0.1, -0.05) is 38.8 Å². The van der Waals surface area contributed by atoms with Crippen molar-refractivity contribution in [2.45, 2.75) is 109 Å². The zero-order chi connectivity index (χ0) is 24.7. The van der Waals surface area contributed by atoms with Gasteiger partial charge in [0, 0.05) is 23.9 Å². The highest BCUT2D eigenvalue weighted by atomic mass is 16.7. The average molecular weight is 478 g/mol. The molecule has 0 aromatic heterocycles. The molecule has 0 spiro atoms. The van der Waals surface area contributed by atoms with Crippen molar-refractivity contribution in [3.63, 3.8) is 0 Å². The second-order valence-corrected chi connectivity index (χ2v) is 11.1. The molecule has 0 bridgehead atoms. The molecule has 2 saturated heterocycles. The van der Waals surface area contributed by atoms with E-state index in [2.05, 4.69) is 58.7 Å². The molecule has 0 radical (unpaired) electrons. The average Bonchev–Trinajstić information content (AvgIpc) is 3.59. The maximum atomic E-state index is 6.48. The summed E-state index contributed by atoms with van der Waals surface area (Å²) in [6.07, 6.45) is 7.04. The van der Waals surface area contributed by atoms with E-state index in [1.54, 1.807) is 0 Å². The molecular formula is C28H47NO5. The molecular weight excluding hydrogens is 430 g/mol. The number of nitrogens with zero attached hydrogens (tertiary/aromatic N) is 1. The molecule has 2 aliphatic rings. The summed E-state index contributed by atoms with van der Waals surface area (Å²) in [5, 5.41) is 2.19. The predicted octanol–water partition coefficient (Wildman–Crippen LogP) is 5.92. The van der Waals surface area contributed by atoms with E-state index in [0.717, 1.165) is 70.5 Å². The van der Waals surface area contributed by atoms with Crippen LogP contribution in [0, 0.1) is 0 Å². The van der Waals surface area contributed by atoms with E-state index < -0.39 is 5.79 Å². The van der Waals surface area contributed by atoms with Crippen LogP contribution in [-0.4, -0.2) is 61.1 Å². The molecule has 6 heteroatoms. The first-order valence-corrected chi connectivity index (χ1v) is 13.2. The van der Waals surface area contributed by atoms with E-state index in [9.17, 15) is 0 Å². The van der Waals surface area contributed by atoms with E-state index in [1.165, 1.54) is 5.56 Å². The van der Waals surface area contributed by atoms with E-state index in [-0.39, 0.29) is 17.2 Å². The van der Waals surface area contributed by atoms with Gasteiger partial charge in [-0.15, -0.1) is 0 Å². The summed E-state index contributed by atoms with van der Waals surface area (Å²) in [6, 6.07) is 8.30. The van der Waals surface area contributed by atoms with Crippen molar-refractivity contribution < 1.29 is 23.8 Å². The van der Waals surface area contributed by atoms with E-state index >= 15 is 0 Å². The quantitative estimate of drug-likeness (QED) is 0.178. The summed E-state index contributed by atoms with van der Waals surface area (Å²) >= 11 is 0. The van der Waals surface area contributed by atoms with Gasteiger partial charge < -0.3 is 18.9 Å². The molecule has 2 heterocycles. The maximum Gasteiger partial charge on any atom is 0.171 e. The van der Waals surface area contributed by atoms with Crippen molar-refractivity contribution in [2.24, 2.45) is 0 Å². The summed E-state index contributed by atoms with van der Waals surface area (Å²) in [5.41, 5.74) is 0.800. The third-order valence-electron chi connectivity index (χ3n) is 6.60. The molecule has 0 saturated carbocycles. The minimum atomic E-state index is -0.557. The van der Waals surface area contributed by atoms with Crippen molar-refractivity contribution in [1.29, 1.82) is 0 Å². The van der Waals surface area contributed by atoms with Crippen molar-refractivity contribution in [3.8, 4) is 5.75 Å². The Bertz CT molecular complexity index is 699. The first-order chi connectivity index (χ1) is 16.2. The van der Waals surface area contributed by atoms with Gasteiger partial charge in [-0.05, 0) is 64.7 Å². The lowest BCUT2D eigenvalue weighted by atomic mass is 9.77. The molecule has 0 amide bonds. The topological polar surface area (TPSA) is 52.7 Å². The lowest BCUT2D eigenvalue weighted by molar-refractivity contribution is -0.357. The van der Waals surface area contributed by atoms with Gasteiger partial charge in [-0.25, -0.2) is 0 Å². The zero-order valence-electron chi connectivity index (χ0n) is 22.4. The van der Waals surface area contributed by atoms with Crippen LogP contribution in [0.1, 0.15) is 85.6 Å². The van der Waals surface area contributed by atoms with Crippen LogP contribution in [0.3, 0.4) is 0 Å². The molecule has 3 rings (SSSR count). The van der Waals surface area contributed by atoms with Gasteiger partial charge >= 0.3 is 0 Å². The third kappa shape index (κ3) is 7.92. The fourth-order valence-corrected chi connectivity index (χ4v) is 5.10. The van der Waals surface area contributed by atoms with Crippen LogP contribution in [0.25, 0.3) is 0 Å². The third-order valence-corrected chi connectivity index (χ3v) is 6.60. The molecule has 6 nitrogen and oxygen atoms in total. The minimum absolute atomic E-state index is 0.219. The molecule has 34 heavy (non-hydrogen) atoms. The first-order valence-electron chi connectivity index (χ1n) is 13.2. The number of rotatable bonds is 15. The number of benzene rings is 1. The van der Waals surface area contributed by atoms with Crippen LogP contribution >= 0.6 is 0 Å². The Labute approximate surface area is 207 Å². The number of ether oxygens (including phenoxy) is 4. The van der Waals surface area contributed by atoms with E-state index in [0.29, 0.717) is 13.2 Å². The van der Waals surface area contributed by atoms with Gasteiger partial charge in [0.15, 0.2) is 5.79 Å². The zero-order valence-corrected chi connectivity index (χ0v) is 22.4. The number of hydrogen-bond acceptors (Lipinski definition) is 6. The molecule has 1 atom stereocenters. The molecule has 0 aliphatic carbocycles. The Morgan fingerprint density at radius 3 is 1.94 bits per heavy atom. The normalized spacial score (nSPS) is 23.1. The molecule has 1 aromatic carbocycles. The monoisotopic (exact) mass is 477 g/mol. The maximum absolute atomic E-state index is 6.48. The summed E-state index contributed by atoms with van der Waals surface area (Å²) < 4.78 is 23.9. The highest BCUT2D eigenvalue weighted by Gasteiger charge is 2.54. The number of piperidine rings is 1. The molecule has 1 unspecified atom stereocenters. The predicted molar refractivity (Wildman–Crippen MR) is 135 cm³/mol. The fourth-order valence-electron chi connectivity index (χ4n) is 5.10. The van der Waals surface area contributed by atoms with Crippen LogP contribution in [0.15, 0.2) is 24.3 Å². The summed E-state index contributed by atoms with van der Waals surface area (Å²) in [7, 11) is 0. The van der Waals surface area contributed by atoms with Crippen LogP contribution in [0.5, 0.6) is 5.75 Å². The molecule has 194 valence electrons. The summed E-state index contributed by atoms with van der Waals surface area (Å²) in [5.74, 6) is 0.333. The Morgan fingerprint density at radius 2 is 1.44 bits per heavy atom. The van der Waals surface area contributed by atoms with Gasteiger partial charge in [0.1, 0.15) is 18.5 Å². The summed E-state index contributed by atoms with van der Waals surface area (Å²) in [4.78, 5) is 6.45. The Kier molecular flexibility index (Phi) is 9.82. The minimum Gasteiger partial charge on any atom is -0.491 e. The van der Waals surface area contributed by atoms with Crippen molar-refractivity contribution >= 4 is 0 Å². The van der Waals surface area contributed by atoms with Gasteiger partial charge in [-0.2, -0.15) is 5.06 Å². The van der Waals surface area contributed by atoms with Gasteiger partial charge in [-0.3, -0.25) is 4.84 Å². The standard InChI is InChI=1S/C28H47NO5/c1-7-9-16-32-28(33-17-10-8-2)21-26(3,4)29(27(5,6)22-28)34-18-15-23-11-13-24(14-12-23)30-19-25-20-31-25/h11-14,25H,7-10,15-22H2,1-6H3. The van der Waals surface area contributed by atoms with Crippen molar-refractivity contribution in [1.82, 2.24) is 5.06 Å². The lowest BCUT2D eigenvalue weighted by Crippen LogP contribution is -2.66. The number of hydrogen-bond donors (Lipinski definition) is 0. The Hall–Kier alpha value is -1.18. The van der Waals surface area contributed by atoms with Gasteiger partial charge in [0.05, 0.1) is 26.4 Å². The Balaban J connectivity index is 1.57. The summed E-state index contributed by atoms with van der Waals surface area (Å²) in [6.45, 7) is 16.9. The van der Waals surface area contributed by atoms with E-state index in [1.807, 2.05) is 12.1 Å². The van der Waals surface area contributed by atoms with Crippen LogP contribution in [0.2, 0.25) is 0 Å². The second kappa shape index (κ2) is 12.2. The largest absolute Gasteiger partial charge is 0.491 e. The lowest BCUT2D eigenvalue weighted by Gasteiger charge is -2.57. The van der Waals surface area contributed by atoms with Crippen molar-refractivity contribution in [2.75, 3.05) is 33.0 Å². The first kappa shape index (κ1) is 27.4. The number of unbranched alkanes of at least 4 members (excludes halogenated alkanes) is 2. The fraction of sp³-hybridized carbons (Fsp3) is 0.786. The highest BCUT2D eigenvalue weighted by Crippen LogP contribution is 2.46. The molecule has 2 fully saturated rings. The van der Waals surface area contributed by atoms with Crippen molar-refractivity contribution in [3.05, 3.63) is 29.8 Å². The van der Waals surface area contributed by atoms with Crippen LogP contribution in [0.4, 0.5) is 0 Å². The van der Waals surface area contributed by atoms with Crippen LogP contribution in [-0.2, 0) is 25.5 Å². The molecule has 1 aromatic rings. The number of epoxide rings is 1.